The number of nitrogens with zero attached hydrogens (tertiary/aromatic N) is 3. The number of halogens is 1. The number of rotatable bonds is 16. The van der Waals surface area contributed by atoms with Gasteiger partial charge in [0.1, 0.15) is 38.0 Å². The molecule has 5 aromatic carbocycles. The molecule has 1 saturated heterocycles. The predicted octanol–water partition coefficient (Wildman–Crippen LogP) is 10.1. The molecule has 0 aliphatic carbocycles. The second-order valence-electron chi connectivity index (χ2n) is 16.7. The SMILES string of the molecule is CC(C)(C)OC(=O)Nc1nc(/C(=N/OC(c2ccccc2)(c2ccccc2)c2ccccc2)C(=O)NC2C(=O)N3C(C(=O)OC(c4ccccc4)c4ccccc4)=C(S/C=C/C(=N)N)CS[C@H]23)c(Br)s1. The zero-order chi connectivity index (χ0) is 49.4. The molecule has 0 saturated carbocycles. The van der Waals surface area contributed by atoms with Crippen LogP contribution in [0.5, 0.6) is 0 Å². The maximum Gasteiger partial charge on any atom is 0.413 e. The number of amides is 3. The van der Waals surface area contributed by atoms with E-state index in [0.29, 0.717) is 25.4 Å². The lowest BCUT2D eigenvalue weighted by atomic mass is 9.80. The van der Waals surface area contributed by atoms with E-state index in [1.807, 2.05) is 152 Å². The van der Waals surface area contributed by atoms with Crippen LogP contribution in [0.1, 0.15) is 60.4 Å². The summed E-state index contributed by atoms with van der Waals surface area (Å²) in [6.07, 6.45) is -0.201. The first-order chi connectivity index (χ1) is 33.7. The molecule has 8 rings (SSSR count). The Morgan fingerprint density at radius 3 is 1.87 bits per heavy atom. The Labute approximate surface area is 425 Å². The van der Waals surface area contributed by atoms with Crippen LogP contribution in [0.2, 0.25) is 0 Å². The number of carbonyl (C=O) groups is 4. The molecule has 6 aromatic rings. The number of amidine groups is 1. The average Bonchev–Trinajstić information content (AvgIpc) is 3.72. The molecular weight excluding hydrogens is 1010 g/mol. The van der Waals surface area contributed by atoms with Gasteiger partial charge in [-0.3, -0.25) is 25.2 Å². The van der Waals surface area contributed by atoms with Crippen molar-refractivity contribution < 1.29 is 33.5 Å². The molecule has 3 amide bonds. The minimum atomic E-state index is -1.42. The molecule has 0 radical (unpaired) electrons. The standard InChI is InChI=1S/C52H46BrN7O7S3/c1-51(2,3)66-50(64)58-49-57-39(44(53)70-49)40(59-67-52(34-23-13-6-14-24-34,35-25-15-7-16-26-35)36-27-17-8-18-28-36)45(61)56-41-46(62)60-42(37(31-69-47(41)60)68-30-29-38(54)55)48(63)65-43(32-19-9-4-10-20-32)33-21-11-5-12-22-33/h4-30,41,43,47H,31H2,1-3H3,(H3,54,55)(H,56,61)(H,57,58,64)/b30-29+,59-40-/t41?,47-/m1/s1. The van der Waals surface area contributed by atoms with E-state index < -0.39 is 52.6 Å². The lowest BCUT2D eigenvalue weighted by molar-refractivity contribution is -0.154. The lowest BCUT2D eigenvalue weighted by Gasteiger charge is -2.49. The largest absolute Gasteiger partial charge is 0.448 e. The van der Waals surface area contributed by atoms with Crippen LogP contribution in [-0.4, -0.2) is 68.1 Å². The van der Waals surface area contributed by atoms with Crippen molar-refractivity contribution in [3.8, 4) is 0 Å². The van der Waals surface area contributed by atoms with Crippen molar-refractivity contribution in [2.45, 2.75) is 49.5 Å². The van der Waals surface area contributed by atoms with Gasteiger partial charge in [0.2, 0.25) is 5.60 Å². The van der Waals surface area contributed by atoms with Crippen LogP contribution < -0.4 is 16.4 Å². The van der Waals surface area contributed by atoms with Gasteiger partial charge in [-0.25, -0.2) is 14.6 Å². The van der Waals surface area contributed by atoms with Gasteiger partial charge in [0.25, 0.3) is 11.8 Å². The average molecular weight is 1060 g/mol. The van der Waals surface area contributed by atoms with Crippen LogP contribution in [0.15, 0.2) is 183 Å². The lowest BCUT2D eigenvalue weighted by Crippen LogP contribution is -2.71. The van der Waals surface area contributed by atoms with E-state index in [4.69, 9.17) is 25.5 Å². The quantitative estimate of drug-likeness (QED) is 0.0180. The molecule has 0 spiro atoms. The van der Waals surface area contributed by atoms with Crippen LogP contribution in [0.4, 0.5) is 9.93 Å². The summed E-state index contributed by atoms with van der Waals surface area (Å²) >= 11 is 7.05. The van der Waals surface area contributed by atoms with Gasteiger partial charge in [0.15, 0.2) is 16.9 Å². The Bertz CT molecular complexity index is 2840. The van der Waals surface area contributed by atoms with Crippen molar-refractivity contribution in [3.05, 3.63) is 211 Å². The highest BCUT2D eigenvalue weighted by molar-refractivity contribution is 9.11. The number of nitrogens with two attached hydrogens (primary N) is 1. The summed E-state index contributed by atoms with van der Waals surface area (Å²) in [4.78, 5) is 70.3. The van der Waals surface area contributed by atoms with E-state index in [1.54, 1.807) is 26.2 Å². The number of benzene rings is 5. The summed E-state index contributed by atoms with van der Waals surface area (Å²) in [7, 11) is 0. The van der Waals surface area contributed by atoms with Gasteiger partial charge in [0.05, 0.1) is 0 Å². The number of oxime groups is 1. The fraction of sp³-hybridized carbons (Fsp3) is 0.173. The molecule has 70 heavy (non-hydrogen) atoms. The van der Waals surface area contributed by atoms with Crippen molar-refractivity contribution in [3.63, 3.8) is 0 Å². The normalized spacial score (nSPS) is 16.0. The second-order valence-corrected chi connectivity index (χ2v) is 21.1. The van der Waals surface area contributed by atoms with Crippen LogP contribution in [0, 0.1) is 5.41 Å². The predicted molar refractivity (Wildman–Crippen MR) is 278 cm³/mol. The van der Waals surface area contributed by atoms with Crippen LogP contribution in [0.3, 0.4) is 0 Å². The topological polar surface area (TPSA) is 198 Å². The first kappa shape index (κ1) is 49.4. The highest BCUT2D eigenvalue weighted by Crippen LogP contribution is 2.46. The number of nitrogens with one attached hydrogen (secondary N) is 3. The van der Waals surface area contributed by atoms with E-state index in [0.717, 1.165) is 34.2 Å². The van der Waals surface area contributed by atoms with Crippen molar-refractivity contribution in [1.82, 2.24) is 15.2 Å². The molecular formula is C52H46BrN7O7S3. The van der Waals surface area contributed by atoms with Gasteiger partial charge in [-0.2, -0.15) is 0 Å². The number of hydrogen-bond acceptors (Lipinski definition) is 13. The van der Waals surface area contributed by atoms with Crippen LogP contribution in [0.25, 0.3) is 0 Å². The summed E-state index contributed by atoms with van der Waals surface area (Å²) in [6, 6.07) is 45.7. The van der Waals surface area contributed by atoms with Gasteiger partial charge in [-0.05, 0) is 59.3 Å². The van der Waals surface area contributed by atoms with Gasteiger partial charge >= 0.3 is 12.1 Å². The molecule has 14 nitrogen and oxygen atoms in total. The fourth-order valence-corrected chi connectivity index (χ4v) is 11.5. The summed E-state index contributed by atoms with van der Waals surface area (Å²) in [5, 5.41) is 18.8. The van der Waals surface area contributed by atoms with E-state index in [9.17, 15) is 19.2 Å². The van der Waals surface area contributed by atoms with Gasteiger partial charge < -0.3 is 25.4 Å². The minimum absolute atomic E-state index is 0.00421. The first-order valence-corrected chi connectivity index (χ1v) is 25.3. The third-order valence-electron chi connectivity index (χ3n) is 10.7. The fourth-order valence-electron chi connectivity index (χ4n) is 7.69. The number of hydrogen-bond donors (Lipinski definition) is 4. The van der Waals surface area contributed by atoms with Crippen molar-refractivity contribution in [2.75, 3.05) is 11.1 Å². The molecule has 2 atom stereocenters. The number of thiazole rings is 1. The molecule has 1 aromatic heterocycles. The summed E-state index contributed by atoms with van der Waals surface area (Å²) < 4.78 is 12.1. The minimum Gasteiger partial charge on any atom is -0.448 e. The number of anilines is 1. The van der Waals surface area contributed by atoms with Gasteiger partial charge in [0, 0.05) is 27.3 Å². The number of β-lactam (4-membered cyclic amide) rings is 1. The summed E-state index contributed by atoms with van der Waals surface area (Å²) in [5.41, 5.74) is 6.61. The number of thioether (sulfide) groups is 2. The zero-order valence-corrected chi connectivity index (χ0v) is 41.9. The first-order valence-electron chi connectivity index (χ1n) is 21.8. The highest BCUT2D eigenvalue weighted by atomic mass is 79.9. The Kier molecular flexibility index (Phi) is 15.4. The molecule has 0 bridgehead atoms. The van der Waals surface area contributed by atoms with Crippen molar-refractivity contribution in [1.29, 1.82) is 5.41 Å². The van der Waals surface area contributed by atoms with E-state index >= 15 is 0 Å². The molecule has 18 heteroatoms. The van der Waals surface area contributed by atoms with E-state index in [2.05, 4.69) is 36.7 Å². The number of esters is 1. The molecule has 5 N–H and O–H groups in total. The zero-order valence-electron chi connectivity index (χ0n) is 37.9. The highest BCUT2D eigenvalue weighted by Gasteiger charge is 2.55. The Hall–Kier alpha value is -6.99. The van der Waals surface area contributed by atoms with E-state index in [-0.39, 0.29) is 33.8 Å². The summed E-state index contributed by atoms with van der Waals surface area (Å²) in [6.45, 7) is 5.19. The Balaban J connectivity index is 1.16. The summed E-state index contributed by atoms with van der Waals surface area (Å²) in [5.74, 6) is -2.12. The Morgan fingerprint density at radius 2 is 1.37 bits per heavy atom. The molecule has 2 aliphatic heterocycles. The van der Waals surface area contributed by atoms with Gasteiger partial charge in [-0.15, -0.1) is 11.8 Å². The smallest absolute Gasteiger partial charge is 0.413 e. The maximum atomic E-state index is 15.0. The molecule has 1 unspecified atom stereocenters. The number of ether oxygens (including phenoxy) is 2. The van der Waals surface area contributed by atoms with Crippen molar-refractivity contribution in [2.24, 2.45) is 10.9 Å². The molecule has 1 fully saturated rings. The molecule has 3 heterocycles. The van der Waals surface area contributed by atoms with Gasteiger partial charge in [-0.1, -0.05) is 180 Å². The number of carbonyl (C=O) groups excluding carboxylic acids is 4. The third kappa shape index (κ3) is 11.0. The molecule has 2 aliphatic rings. The Morgan fingerprint density at radius 1 is 0.857 bits per heavy atom. The van der Waals surface area contributed by atoms with Crippen LogP contribution in [-0.2, 0) is 34.3 Å². The van der Waals surface area contributed by atoms with E-state index in [1.165, 1.54) is 22.7 Å². The number of aromatic nitrogens is 1. The van der Waals surface area contributed by atoms with Crippen LogP contribution >= 0.6 is 50.8 Å². The molecule has 356 valence electrons. The van der Waals surface area contributed by atoms with Crippen molar-refractivity contribution >= 4 is 91.3 Å². The second kappa shape index (κ2) is 21.8. The maximum absolute atomic E-state index is 15.0. The number of fused-ring (bicyclic) bond motifs is 1. The monoisotopic (exact) mass is 1060 g/mol. The third-order valence-corrected chi connectivity index (χ3v) is 14.7.